The number of hydrogen-bond acceptors (Lipinski definition) is 3. The molecule has 6 heteroatoms. The van der Waals surface area contributed by atoms with Crippen LogP contribution in [0.3, 0.4) is 0 Å². The summed E-state index contributed by atoms with van der Waals surface area (Å²) in [6.45, 7) is 1.65. The summed E-state index contributed by atoms with van der Waals surface area (Å²) in [4.78, 5) is 12.1. The highest BCUT2D eigenvalue weighted by Crippen LogP contribution is 2.27. The summed E-state index contributed by atoms with van der Waals surface area (Å²) in [5.74, 6) is 0.784. The zero-order chi connectivity index (χ0) is 16.1. The van der Waals surface area contributed by atoms with Crippen molar-refractivity contribution in [2.75, 3.05) is 12.4 Å². The van der Waals surface area contributed by atoms with Crippen LogP contribution in [0.25, 0.3) is 0 Å². The van der Waals surface area contributed by atoms with E-state index in [0.29, 0.717) is 27.2 Å². The largest absolute Gasteiger partial charge is 0.495 e. The van der Waals surface area contributed by atoms with Crippen molar-refractivity contribution < 1.29 is 14.3 Å². The van der Waals surface area contributed by atoms with Gasteiger partial charge in [0.25, 0.3) is 5.91 Å². The summed E-state index contributed by atoms with van der Waals surface area (Å²) in [5, 5.41) is 3.70. The van der Waals surface area contributed by atoms with Gasteiger partial charge in [0.1, 0.15) is 11.5 Å². The molecule has 0 aromatic heterocycles. The first-order chi connectivity index (χ1) is 10.5. The fourth-order valence-electron chi connectivity index (χ4n) is 1.79. The Morgan fingerprint density at radius 2 is 1.95 bits per heavy atom. The number of rotatable bonds is 5. The van der Waals surface area contributed by atoms with Crippen LogP contribution >= 0.6 is 23.2 Å². The smallest absolute Gasteiger partial charge is 0.265 e. The monoisotopic (exact) mass is 339 g/mol. The molecule has 116 valence electrons. The highest BCUT2D eigenvalue weighted by atomic mass is 35.5. The molecule has 4 nitrogen and oxygen atoms in total. The van der Waals surface area contributed by atoms with Crippen molar-refractivity contribution in [1.82, 2.24) is 0 Å². The number of carbonyl (C=O) groups excluding carboxylic acids is 1. The number of anilines is 1. The van der Waals surface area contributed by atoms with Gasteiger partial charge in [-0.05, 0) is 43.3 Å². The third kappa shape index (κ3) is 4.29. The average Bonchev–Trinajstić information content (AvgIpc) is 2.47. The van der Waals surface area contributed by atoms with E-state index in [2.05, 4.69) is 5.32 Å². The lowest BCUT2D eigenvalue weighted by Crippen LogP contribution is -2.30. The van der Waals surface area contributed by atoms with Crippen LogP contribution in [0.5, 0.6) is 11.5 Å². The molecule has 0 aliphatic carbocycles. The first-order valence-corrected chi connectivity index (χ1v) is 7.32. The van der Waals surface area contributed by atoms with Crippen molar-refractivity contribution in [3.8, 4) is 11.5 Å². The summed E-state index contributed by atoms with van der Waals surface area (Å²) in [6, 6.07) is 11.9. The molecular formula is C16H15Cl2NO3. The molecule has 0 spiro atoms. The first kappa shape index (κ1) is 16.5. The van der Waals surface area contributed by atoms with Crippen LogP contribution in [-0.4, -0.2) is 19.1 Å². The molecule has 0 aliphatic rings. The van der Waals surface area contributed by atoms with Gasteiger partial charge in [0.05, 0.1) is 12.1 Å². The van der Waals surface area contributed by atoms with Gasteiger partial charge in [0, 0.05) is 10.7 Å². The van der Waals surface area contributed by atoms with Crippen molar-refractivity contribution in [1.29, 1.82) is 0 Å². The fourth-order valence-corrected chi connectivity index (χ4v) is 2.22. The average molecular weight is 340 g/mol. The predicted octanol–water partition coefficient (Wildman–Crippen LogP) is 4.41. The van der Waals surface area contributed by atoms with E-state index < -0.39 is 6.10 Å². The number of ether oxygens (including phenoxy) is 2. The topological polar surface area (TPSA) is 47.6 Å². The van der Waals surface area contributed by atoms with E-state index in [0.717, 1.165) is 0 Å². The molecule has 2 aromatic rings. The lowest BCUT2D eigenvalue weighted by Gasteiger charge is -2.15. The minimum absolute atomic E-state index is 0.291. The lowest BCUT2D eigenvalue weighted by molar-refractivity contribution is -0.122. The van der Waals surface area contributed by atoms with E-state index >= 15 is 0 Å². The van der Waals surface area contributed by atoms with Gasteiger partial charge in [0.2, 0.25) is 0 Å². The van der Waals surface area contributed by atoms with Crippen molar-refractivity contribution in [3.05, 3.63) is 52.5 Å². The van der Waals surface area contributed by atoms with Gasteiger partial charge >= 0.3 is 0 Å². The normalized spacial score (nSPS) is 11.6. The second kappa shape index (κ2) is 7.38. The second-order valence-electron chi connectivity index (χ2n) is 4.56. The molecule has 0 unspecified atom stereocenters. The van der Waals surface area contributed by atoms with E-state index in [9.17, 15) is 4.79 Å². The van der Waals surface area contributed by atoms with Gasteiger partial charge in [-0.1, -0.05) is 29.3 Å². The minimum Gasteiger partial charge on any atom is -0.495 e. The number of amides is 1. The number of hydrogen-bond donors (Lipinski definition) is 1. The van der Waals surface area contributed by atoms with Crippen molar-refractivity contribution in [2.24, 2.45) is 0 Å². The Morgan fingerprint density at radius 3 is 2.59 bits per heavy atom. The third-order valence-corrected chi connectivity index (χ3v) is 3.43. The van der Waals surface area contributed by atoms with E-state index in [4.69, 9.17) is 32.7 Å². The zero-order valence-corrected chi connectivity index (χ0v) is 13.6. The van der Waals surface area contributed by atoms with E-state index in [1.807, 2.05) is 0 Å². The molecule has 22 heavy (non-hydrogen) atoms. The Bertz CT molecular complexity index is 676. The van der Waals surface area contributed by atoms with Crippen LogP contribution < -0.4 is 14.8 Å². The molecule has 0 aliphatic heterocycles. The van der Waals surface area contributed by atoms with Gasteiger partial charge in [0.15, 0.2) is 6.10 Å². The molecule has 0 radical (unpaired) electrons. The van der Waals surface area contributed by atoms with Gasteiger partial charge < -0.3 is 14.8 Å². The number of methoxy groups -OCH3 is 1. The Hall–Kier alpha value is -1.91. The summed E-state index contributed by atoms with van der Waals surface area (Å²) in [5.41, 5.74) is 0.567. The Labute approximate surface area is 138 Å². The number of carbonyl (C=O) groups is 1. The van der Waals surface area contributed by atoms with Crippen molar-refractivity contribution in [2.45, 2.75) is 13.0 Å². The summed E-state index contributed by atoms with van der Waals surface area (Å²) in [6.07, 6.45) is -0.681. The lowest BCUT2D eigenvalue weighted by atomic mass is 10.2. The van der Waals surface area contributed by atoms with Crippen LogP contribution in [-0.2, 0) is 4.79 Å². The van der Waals surface area contributed by atoms with Gasteiger partial charge in [-0.2, -0.15) is 0 Å². The van der Waals surface area contributed by atoms with E-state index in [1.54, 1.807) is 49.4 Å². The van der Waals surface area contributed by atoms with Crippen molar-refractivity contribution >= 4 is 34.8 Å². The number of benzene rings is 2. The Kier molecular flexibility index (Phi) is 5.52. The van der Waals surface area contributed by atoms with Crippen LogP contribution in [0, 0.1) is 0 Å². The maximum absolute atomic E-state index is 12.1. The fraction of sp³-hybridized carbons (Fsp3) is 0.188. The second-order valence-corrected chi connectivity index (χ2v) is 5.40. The molecular weight excluding hydrogens is 325 g/mol. The molecule has 2 rings (SSSR count). The van der Waals surface area contributed by atoms with Gasteiger partial charge in [-0.25, -0.2) is 0 Å². The Morgan fingerprint density at radius 1 is 1.18 bits per heavy atom. The molecule has 0 bridgehead atoms. The molecule has 0 saturated carbocycles. The summed E-state index contributed by atoms with van der Waals surface area (Å²) in [7, 11) is 1.53. The highest BCUT2D eigenvalue weighted by molar-refractivity contribution is 6.32. The maximum Gasteiger partial charge on any atom is 0.265 e. The molecule has 0 saturated heterocycles. The molecule has 0 heterocycles. The van der Waals surface area contributed by atoms with Crippen LogP contribution in [0.1, 0.15) is 6.92 Å². The third-order valence-electron chi connectivity index (χ3n) is 2.90. The number of halogens is 2. The van der Waals surface area contributed by atoms with E-state index in [-0.39, 0.29) is 5.91 Å². The van der Waals surface area contributed by atoms with Gasteiger partial charge in [-0.3, -0.25) is 4.79 Å². The molecule has 1 N–H and O–H groups in total. The quantitative estimate of drug-likeness (QED) is 0.877. The molecule has 1 atom stereocenters. The standard InChI is InChI=1S/C16H15Cl2NO3/c1-10(22-13-5-3-4-11(17)8-13)16(20)19-12-6-7-15(21-2)14(18)9-12/h3-10H,1-2H3,(H,19,20)/t10-/m1/s1. The summed E-state index contributed by atoms with van der Waals surface area (Å²) >= 11 is 11.9. The zero-order valence-electron chi connectivity index (χ0n) is 12.1. The SMILES string of the molecule is COc1ccc(NC(=O)[C@@H](C)Oc2cccc(Cl)c2)cc1Cl. The Balaban J connectivity index is 2.00. The number of nitrogens with one attached hydrogen (secondary N) is 1. The maximum atomic E-state index is 12.1. The van der Waals surface area contributed by atoms with Crippen molar-refractivity contribution in [3.63, 3.8) is 0 Å². The molecule has 1 amide bonds. The first-order valence-electron chi connectivity index (χ1n) is 6.56. The van der Waals surface area contributed by atoms with Crippen LogP contribution in [0.15, 0.2) is 42.5 Å². The van der Waals surface area contributed by atoms with E-state index in [1.165, 1.54) is 7.11 Å². The van der Waals surface area contributed by atoms with Crippen LogP contribution in [0.4, 0.5) is 5.69 Å². The highest BCUT2D eigenvalue weighted by Gasteiger charge is 2.15. The molecule has 2 aromatic carbocycles. The summed E-state index contributed by atoms with van der Waals surface area (Å²) < 4.78 is 10.6. The van der Waals surface area contributed by atoms with Gasteiger partial charge in [-0.15, -0.1) is 0 Å². The minimum atomic E-state index is -0.681. The van der Waals surface area contributed by atoms with Crippen LogP contribution in [0.2, 0.25) is 10.0 Å². The molecule has 0 fully saturated rings. The predicted molar refractivity (Wildman–Crippen MR) is 88.2 cm³/mol.